The van der Waals surface area contributed by atoms with E-state index in [1.54, 1.807) is 11.3 Å². The Morgan fingerprint density at radius 1 is 1.29 bits per heavy atom. The van der Waals surface area contributed by atoms with E-state index in [4.69, 9.17) is 4.98 Å². The molecule has 2 saturated heterocycles. The van der Waals surface area contributed by atoms with E-state index >= 15 is 0 Å². The first-order valence-corrected chi connectivity index (χ1v) is 11.7. The maximum absolute atomic E-state index is 13.2. The summed E-state index contributed by atoms with van der Waals surface area (Å²) in [5.41, 5.74) is 2.02. The average molecular weight is 397 g/mol. The van der Waals surface area contributed by atoms with Crippen LogP contribution in [0, 0.1) is 5.92 Å². The van der Waals surface area contributed by atoms with Gasteiger partial charge in [0.05, 0.1) is 20.8 Å². The summed E-state index contributed by atoms with van der Waals surface area (Å²) in [6, 6.07) is 7.20. The molecular formula is C23H28N2O2S. The van der Waals surface area contributed by atoms with Crippen molar-refractivity contribution >= 4 is 27.5 Å². The molecule has 2 aromatic rings. The minimum absolute atomic E-state index is 0.148. The maximum Gasteiger partial charge on any atom is 0.223 e. The molecule has 0 radical (unpaired) electrons. The number of aliphatic hydroxyl groups is 1. The number of amides is 1. The Balaban J connectivity index is 1.19. The number of fused-ring (bicyclic) bond motifs is 1. The van der Waals surface area contributed by atoms with E-state index in [9.17, 15) is 9.90 Å². The maximum atomic E-state index is 13.2. The van der Waals surface area contributed by atoms with Crippen LogP contribution >= 0.6 is 11.3 Å². The van der Waals surface area contributed by atoms with Crippen molar-refractivity contribution in [2.45, 2.75) is 87.8 Å². The number of hydrogen-bond donors (Lipinski definition) is 1. The van der Waals surface area contributed by atoms with Crippen molar-refractivity contribution in [2.24, 2.45) is 5.92 Å². The normalized spacial score (nSPS) is 34.9. The molecule has 2 aliphatic heterocycles. The lowest BCUT2D eigenvalue weighted by Crippen LogP contribution is -2.65. The van der Waals surface area contributed by atoms with Crippen LogP contribution in [0.2, 0.25) is 0 Å². The lowest BCUT2D eigenvalue weighted by atomic mass is 9.61. The van der Waals surface area contributed by atoms with E-state index in [2.05, 4.69) is 30.0 Å². The summed E-state index contributed by atoms with van der Waals surface area (Å²) in [6.07, 6.45) is 7.86. The highest BCUT2D eigenvalue weighted by molar-refractivity contribution is 7.18. The molecule has 4 nitrogen and oxygen atoms in total. The van der Waals surface area contributed by atoms with E-state index < -0.39 is 5.60 Å². The highest BCUT2D eigenvalue weighted by atomic mass is 32.1. The summed E-state index contributed by atoms with van der Waals surface area (Å²) in [7, 11) is 0. The zero-order chi connectivity index (χ0) is 19.0. The molecule has 0 spiro atoms. The Morgan fingerprint density at radius 2 is 2.04 bits per heavy atom. The van der Waals surface area contributed by atoms with Crippen LogP contribution in [0.4, 0.5) is 0 Å². The Labute approximate surface area is 170 Å². The largest absolute Gasteiger partial charge is 0.390 e. The average Bonchev–Trinajstić information content (AvgIpc) is 3.38. The summed E-state index contributed by atoms with van der Waals surface area (Å²) < 4.78 is 1.26. The van der Waals surface area contributed by atoms with Gasteiger partial charge in [-0.25, -0.2) is 4.98 Å². The molecule has 4 bridgehead atoms. The predicted octanol–water partition coefficient (Wildman–Crippen LogP) is 4.57. The molecule has 28 heavy (non-hydrogen) atoms. The van der Waals surface area contributed by atoms with Gasteiger partial charge in [-0.3, -0.25) is 4.79 Å². The molecule has 148 valence electrons. The van der Waals surface area contributed by atoms with E-state index in [1.165, 1.54) is 23.1 Å². The zero-order valence-electron chi connectivity index (χ0n) is 16.4. The molecule has 1 aromatic carbocycles. The van der Waals surface area contributed by atoms with Crippen LogP contribution in [0.5, 0.6) is 0 Å². The van der Waals surface area contributed by atoms with Crippen LogP contribution < -0.4 is 0 Å². The third kappa shape index (κ3) is 2.81. The van der Waals surface area contributed by atoms with Crippen molar-refractivity contribution in [2.75, 3.05) is 0 Å². The van der Waals surface area contributed by atoms with Crippen molar-refractivity contribution < 1.29 is 9.90 Å². The smallest absolute Gasteiger partial charge is 0.223 e. The van der Waals surface area contributed by atoms with Gasteiger partial charge in [-0.15, -0.1) is 11.3 Å². The molecule has 7 rings (SSSR count). The Bertz CT molecular complexity index is 933. The van der Waals surface area contributed by atoms with Crippen molar-refractivity contribution in [1.82, 2.24) is 9.88 Å². The summed E-state index contributed by atoms with van der Waals surface area (Å²) in [5, 5.41) is 11.8. The summed E-state index contributed by atoms with van der Waals surface area (Å²) in [4.78, 5) is 20.2. The second kappa shape index (κ2) is 6.02. The quantitative estimate of drug-likeness (QED) is 0.823. The Morgan fingerprint density at radius 3 is 2.71 bits per heavy atom. The van der Waals surface area contributed by atoms with Crippen LogP contribution in [-0.2, 0) is 4.79 Å². The number of nitrogens with zero attached hydrogens (tertiary/aromatic N) is 2. The first-order chi connectivity index (χ1) is 13.5. The number of aromatic nitrogens is 1. The SMILES string of the molecule is CC(CC(=O)N1C2CC3CC1CC(O)(C3)C2)c1nc2ccc(C3CC3)cc2s1. The van der Waals surface area contributed by atoms with Crippen LogP contribution in [0.1, 0.15) is 80.7 Å². The number of carbonyl (C=O) groups excluding carboxylic acids is 1. The van der Waals surface area contributed by atoms with Gasteiger partial charge < -0.3 is 10.0 Å². The fourth-order valence-electron chi connectivity index (χ4n) is 6.29. The third-order valence-corrected chi connectivity index (χ3v) is 8.82. The highest BCUT2D eigenvalue weighted by Crippen LogP contribution is 2.51. The van der Waals surface area contributed by atoms with Gasteiger partial charge in [0, 0.05) is 24.4 Å². The van der Waals surface area contributed by atoms with E-state index in [0.717, 1.165) is 48.5 Å². The van der Waals surface area contributed by atoms with Crippen molar-refractivity contribution in [3.63, 3.8) is 0 Å². The lowest BCUT2D eigenvalue weighted by Gasteiger charge is -2.59. The molecule has 3 saturated carbocycles. The third-order valence-electron chi connectivity index (χ3n) is 7.57. The van der Waals surface area contributed by atoms with E-state index in [0.29, 0.717) is 12.3 Å². The minimum Gasteiger partial charge on any atom is -0.390 e. The second-order valence-electron chi connectivity index (χ2n) is 9.94. The van der Waals surface area contributed by atoms with Gasteiger partial charge >= 0.3 is 0 Å². The van der Waals surface area contributed by atoms with Gasteiger partial charge in [-0.05, 0) is 74.5 Å². The van der Waals surface area contributed by atoms with Crippen LogP contribution in [0.25, 0.3) is 10.2 Å². The van der Waals surface area contributed by atoms with Gasteiger partial charge in [-0.2, -0.15) is 0 Å². The summed E-state index contributed by atoms with van der Waals surface area (Å²) >= 11 is 1.76. The number of benzene rings is 1. The number of thiazole rings is 1. The number of hydrogen-bond acceptors (Lipinski definition) is 4. The van der Waals surface area contributed by atoms with E-state index in [1.807, 2.05) is 0 Å². The molecule has 1 aromatic heterocycles. The fourth-order valence-corrected chi connectivity index (χ4v) is 7.36. The zero-order valence-corrected chi connectivity index (χ0v) is 17.3. The van der Waals surface area contributed by atoms with Crippen LogP contribution in [0.15, 0.2) is 18.2 Å². The molecular weight excluding hydrogens is 368 g/mol. The van der Waals surface area contributed by atoms with Gasteiger partial charge in [0.15, 0.2) is 0 Å². The fraction of sp³-hybridized carbons (Fsp3) is 0.652. The molecule has 5 fully saturated rings. The molecule has 1 amide bonds. The second-order valence-corrected chi connectivity index (χ2v) is 11.0. The number of rotatable bonds is 4. The van der Waals surface area contributed by atoms with Crippen LogP contribution in [-0.4, -0.2) is 38.6 Å². The summed E-state index contributed by atoms with van der Waals surface area (Å²) in [5.74, 6) is 1.79. The molecule has 3 heterocycles. The standard InChI is InChI=1S/C23H28N2O2S/c1-13(22-24-19-5-4-16(15-2-3-15)9-20(19)28-22)6-21(26)25-17-7-14-8-18(25)12-23(27,10-14)11-17/h4-5,9,13-15,17-18,27H,2-3,6-8,10-12H2,1H3. The Hall–Kier alpha value is -1.46. The van der Waals surface area contributed by atoms with Crippen molar-refractivity contribution in [3.8, 4) is 0 Å². The minimum atomic E-state index is -0.495. The topological polar surface area (TPSA) is 53.4 Å². The van der Waals surface area contributed by atoms with Gasteiger partial charge in [-0.1, -0.05) is 13.0 Å². The molecule has 3 unspecified atom stereocenters. The molecule has 1 N–H and O–H groups in total. The molecule has 3 aliphatic carbocycles. The monoisotopic (exact) mass is 396 g/mol. The molecule has 3 atom stereocenters. The van der Waals surface area contributed by atoms with Gasteiger partial charge in [0.25, 0.3) is 0 Å². The van der Waals surface area contributed by atoms with Crippen LogP contribution in [0.3, 0.4) is 0 Å². The highest BCUT2D eigenvalue weighted by Gasteiger charge is 2.54. The van der Waals surface area contributed by atoms with Gasteiger partial charge in [0.1, 0.15) is 0 Å². The lowest BCUT2D eigenvalue weighted by molar-refractivity contribution is -0.174. The van der Waals surface area contributed by atoms with Crippen molar-refractivity contribution in [1.29, 1.82) is 0 Å². The van der Waals surface area contributed by atoms with Gasteiger partial charge in [0.2, 0.25) is 5.91 Å². The van der Waals surface area contributed by atoms with Crippen molar-refractivity contribution in [3.05, 3.63) is 28.8 Å². The molecule has 5 aliphatic rings. The Kier molecular flexibility index (Phi) is 3.74. The number of carbonyl (C=O) groups is 1. The molecule has 5 heteroatoms. The number of piperidine rings is 2. The first-order valence-electron chi connectivity index (χ1n) is 10.9. The summed E-state index contributed by atoms with van der Waals surface area (Å²) in [6.45, 7) is 2.14. The van der Waals surface area contributed by atoms with E-state index in [-0.39, 0.29) is 23.9 Å². The first kappa shape index (κ1) is 17.4. The predicted molar refractivity (Wildman–Crippen MR) is 111 cm³/mol.